The average molecular weight is 609 g/mol. The van der Waals surface area contributed by atoms with E-state index in [1.54, 1.807) is 0 Å². The molecule has 2 unspecified atom stereocenters. The zero-order chi connectivity index (χ0) is 18.3. The second-order valence-corrected chi connectivity index (χ2v) is 11.5. The van der Waals surface area contributed by atoms with Crippen LogP contribution in [0.4, 0.5) is 0 Å². The van der Waals surface area contributed by atoms with E-state index in [2.05, 4.69) is 20.8 Å². The molecule has 4 heteroatoms. The van der Waals surface area contributed by atoms with Crippen LogP contribution >= 0.6 is 0 Å². The van der Waals surface area contributed by atoms with Crippen LogP contribution in [-0.2, 0) is 14.2 Å². The van der Waals surface area contributed by atoms with Gasteiger partial charge in [0.25, 0.3) is 0 Å². The topological polar surface area (TPSA) is 27.7 Å². The van der Waals surface area contributed by atoms with Crippen molar-refractivity contribution in [3.63, 3.8) is 0 Å². The van der Waals surface area contributed by atoms with E-state index < -0.39 is 0 Å². The number of fused-ring (bicyclic) bond motifs is 1. The summed E-state index contributed by atoms with van der Waals surface area (Å²) >= 11 is 0. The monoisotopic (exact) mass is 608 g/mol. The minimum atomic E-state index is -0.237. The van der Waals surface area contributed by atoms with E-state index in [1.165, 1.54) is 57.5 Å². The zero-order valence-electron chi connectivity index (χ0n) is 17.6. The third-order valence-electron chi connectivity index (χ3n) is 11.6. The molecule has 5 spiro atoms. The van der Waals surface area contributed by atoms with E-state index in [0.29, 0.717) is 28.3 Å². The molecule has 7 rings (SSSR count). The van der Waals surface area contributed by atoms with Crippen molar-refractivity contribution in [2.75, 3.05) is 19.8 Å². The van der Waals surface area contributed by atoms with E-state index >= 15 is 0 Å². The molecule has 6 saturated carbocycles. The summed E-state index contributed by atoms with van der Waals surface area (Å²) in [5.74, 6) is 1.40. The molecule has 0 aromatic rings. The summed E-state index contributed by atoms with van der Waals surface area (Å²) in [6, 6.07) is 0. The first kappa shape index (κ1) is 19.6. The molecular formula is C24H34O3U. The minimum absolute atomic E-state index is 0. The van der Waals surface area contributed by atoms with Crippen molar-refractivity contribution in [2.24, 2.45) is 38.9 Å². The Morgan fingerprint density at radius 1 is 1.04 bits per heavy atom. The van der Waals surface area contributed by atoms with Gasteiger partial charge in [0.1, 0.15) is 0 Å². The summed E-state index contributed by atoms with van der Waals surface area (Å²) in [5, 5.41) is 0. The molecule has 152 valence electrons. The van der Waals surface area contributed by atoms with Gasteiger partial charge < -0.3 is 21.1 Å². The molecule has 0 N–H and O–H groups in total. The van der Waals surface area contributed by atoms with Gasteiger partial charge in [0.05, 0.1) is 13.2 Å². The molecule has 28 heavy (non-hydrogen) atoms. The van der Waals surface area contributed by atoms with E-state index in [-0.39, 0.29) is 42.3 Å². The van der Waals surface area contributed by atoms with E-state index in [0.717, 1.165) is 31.5 Å². The van der Waals surface area contributed by atoms with E-state index in [1.807, 2.05) is 0 Å². The molecule has 7 aliphatic rings. The van der Waals surface area contributed by atoms with Crippen LogP contribution in [0.5, 0.6) is 0 Å². The van der Waals surface area contributed by atoms with Gasteiger partial charge >= 0.3 is 31.1 Å². The van der Waals surface area contributed by atoms with Gasteiger partial charge in [-0.2, -0.15) is 12.5 Å². The van der Waals surface area contributed by atoms with Crippen LogP contribution in [0, 0.1) is 83.1 Å². The SMILES string of the molecule is [CH2-]CO[C-]1CC[C@H]2C34CC[C@]35CC3(CC[C@]56CC46[C@@H](C)C[C@]12C)OCCO3.[U+2]. The largest absolute Gasteiger partial charge is 2.00 e. The maximum Gasteiger partial charge on any atom is 2.00 e. The normalized spacial score (nSPS) is 59.7. The van der Waals surface area contributed by atoms with Crippen LogP contribution in [0.25, 0.3) is 0 Å². The van der Waals surface area contributed by atoms with Crippen LogP contribution < -0.4 is 0 Å². The average Bonchev–Trinajstić information content (AvgIpc) is 2.87. The smallest absolute Gasteiger partial charge is 0.574 e. The van der Waals surface area contributed by atoms with Crippen molar-refractivity contribution >= 4 is 0 Å². The Hall–Kier alpha value is 0.932. The van der Waals surface area contributed by atoms with Crippen molar-refractivity contribution < 1.29 is 45.3 Å². The molecule has 3 nitrogen and oxygen atoms in total. The number of hydrogen-bond donors (Lipinski definition) is 0. The maximum absolute atomic E-state index is 6.28. The van der Waals surface area contributed by atoms with Gasteiger partial charge in [0, 0.05) is 12.8 Å². The van der Waals surface area contributed by atoms with Gasteiger partial charge in [0.2, 0.25) is 0 Å². The Morgan fingerprint density at radius 2 is 1.75 bits per heavy atom. The third kappa shape index (κ3) is 1.58. The Balaban J connectivity index is 0.00000156. The Labute approximate surface area is 193 Å². The van der Waals surface area contributed by atoms with E-state index in [4.69, 9.17) is 14.2 Å². The van der Waals surface area contributed by atoms with Crippen LogP contribution in [0.1, 0.15) is 71.6 Å². The van der Waals surface area contributed by atoms with E-state index in [9.17, 15) is 0 Å². The van der Waals surface area contributed by atoms with Gasteiger partial charge in [-0.1, -0.05) is 32.6 Å². The van der Waals surface area contributed by atoms with Gasteiger partial charge in [0.15, 0.2) is 5.79 Å². The number of hydrogen-bond acceptors (Lipinski definition) is 3. The van der Waals surface area contributed by atoms with Crippen molar-refractivity contribution in [1.29, 1.82) is 0 Å². The molecule has 7 atom stereocenters. The summed E-state index contributed by atoms with van der Waals surface area (Å²) in [5.41, 5.74) is 2.59. The molecule has 1 saturated heterocycles. The molecule has 6 aliphatic carbocycles. The predicted molar refractivity (Wildman–Crippen MR) is 101 cm³/mol. The van der Waals surface area contributed by atoms with Crippen LogP contribution in [0.15, 0.2) is 0 Å². The first-order chi connectivity index (χ1) is 13.0. The van der Waals surface area contributed by atoms with Gasteiger partial charge in [-0.25, -0.2) is 0 Å². The maximum atomic E-state index is 6.28. The van der Waals surface area contributed by atoms with Crippen molar-refractivity contribution in [1.82, 2.24) is 0 Å². The summed E-state index contributed by atoms with van der Waals surface area (Å²) in [4.78, 5) is 0. The van der Waals surface area contributed by atoms with Crippen molar-refractivity contribution in [2.45, 2.75) is 77.4 Å². The second-order valence-electron chi connectivity index (χ2n) is 11.5. The van der Waals surface area contributed by atoms with Gasteiger partial charge in [-0.15, -0.1) is 12.0 Å². The fourth-order valence-corrected chi connectivity index (χ4v) is 11.4. The standard InChI is InChI=1S/C24H34O3.U/c1-4-25-18-6-5-17-19(18,3)13-16(2)24-15-21(24)7-9-22(26-11-12-27-22)14-20(21)8-10-23(17,20)24;/h16-17H,1,4-15H2,2-3H3;/q-2;+2/t16-,17+,19-,20+,21-,23?,24?;/m0./s1. The van der Waals surface area contributed by atoms with Crippen molar-refractivity contribution in [3.8, 4) is 0 Å². The number of rotatable bonds is 2. The second kappa shape index (κ2) is 5.46. The van der Waals surface area contributed by atoms with Crippen LogP contribution in [0.2, 0.25) is 0 Å². The molecular weight excluding hydrogens is 574 g/mol. The van der Waals surface area contributed by atoms with Crippen LogP contribution in [-0.4, -0.2) is 25.6 Å². The predicted octanol–water partition coefficient (Wildman–Crippen LogP) is 4.91. The Morgan fingerprint density at radius 3 is 2.43 bits per heavy atom. The molecule has 0 aromatic heterocycles. The fourth-order valence-electron chi connectivity index (χ4n) is 11.4. The van der Waals surface area contributed by atoms with Gasteiger partial charge in [-0.05, 0) is 53.3 Å². The Kier molecular flexibility index (Phi) is 3.82. The number of ether oxygens (including phenoxy) is 3. The first-order valence-electron chi connectivity index (χ1n) is 11.5. The van der Waals surface area contributed by atoms with Crippen molar-refractivity contribution in [3.05, 3.63) is 13.0 Å². The molecule has 0 aromatic carbocycles. The molecule has 0 bridgehead atoms. The zero-order valence-corrected chi connectivity index (χ0v) is 21.7. The summed E-state index contributed by atoms with van der Waals surface area (Å²) in [7, 11) is 0. The summed E-state index contributed by atoms with van der Waals surface area (Å²) in [6.45, 7) is 11.3. The molecule has 7 fully saturated rings. The molecule has 1 heterocycles. The minimum Gasteiger partial charge on any atom is -0.574 e. The molecule has 1 aliphatic heterocycles. The quantitative estimate of drug-likeness (QED) is 0.418. The van der Waals surface area contributed by atoms with Gasteiger partial charge in [-0.3, -0.25) is 0 Å². The third-order valence-corrected chi connectivity index (χ3v) is 11.6. The van der Waals surface area contributed by atoms with Crippen LogP contribution in [0.3, 0.4) is 0 Å². The fraction of sp³-hybridized carbons (Fsp3) is 0.917. The molecule has 0 radical (unpaired) electrons. The first-order valence-corrected chi connectivity index (χ1v) is 11.5. The Bertz CT molecular complexity index is 721. The molecule has 0 amide bonds. The summed E-state index contributed by atoms with van der Waals surface area (Å²) in [6.07, 6.45) is 13.3. The summed E-state index contributed by atoms with van der Waals surface area (Å²) < 4.78 is 18.7.